The van der Waals surface area contributed by atoms with Crippen molar-refractivity contribution in [3.63, 3.8) is 0 Å². The third-order valence-corrected chi connectivity index (χ3v) is 3.88. The average Bonchev–Trinajstić information content (AvgIpc) is 2.56. The van der Waals surface area contributed by atoms with Crippen molar-refractivity contribution >= 4 is 0 Å². The van der Waals surface area contributed by atoms with Gasteiger partial charge in [-0.1, -0.05) is 50.3 Å². The van der Waals surface area contributed by atoms with E-state index in [-0.39, 0.29) is 6.04 Å². The molecular weight excluding hydrogens is 272 g/mol. The Hall–Kier alpha value is -1.64. The Morgan fingerprint density at radius 2 is 1.64 bits per heavy atom. The standard InChI is InChI=1S/C19H30N2O/c1-3-4-5-6-7-8-9-10-11-16-22-19-14-12-18(13-15-19)17(2)21-20/h3,12-15,17,20H,1,4-11,16H2,2H3. The van der Waals surface area contributed by atoms with Gasteiger partial charge in [0.1, 0.15) is 5.75 Å². The van der Waals surface area contributed by atoms with Gasteiger partial charge in [-0.3, -0.25) is 0 Å². The van der Waals surface area contributed by atoms with Crippen LogP contribution in [0.3, 0.4) is 0 Å². The monoisotopic (exact) mass is 302 g/mol. The smallest absolute Gasteiger partial charge is 0.119 e. The van der Waals surface area contributed by atoms with Crippen LogP contribution in [0.25, 0.3) is 0 Å². The third kappa shape index (κ3) is 7.96. The predicted octanol–water partition coefficient (Wildman–Crippen LogP) is 6.46. The zero-order chi connectivity index (χ0) is 16.0. The normalized spacial score (nSPS) is 11.9. The van der Waals surface area contributed by atoms with Gasteiger partial charge in [0.2, 0.25) is 0 Å². The molecule has 1 atom stereocenters. The molecule has 22 heavy (non-hydrogen) atoms. The van der Waals surface area contributed by atoms with Crippen LogP contribution in [0.2, 0.25) is 0 Å². The fourth-order valence-corrected chi connectivity index (χ4v) is 2.38. The van der Waals surface area contributed by atoms with Crippen LogP contribution in [0.15, 0.2) is 42.0 Å². The quantitative estimate of drug-likeness (QED) is 0.253. The van der Waals surface area contributed by atoms with Crippen LogP contribution in [-0.2, 0) is 0 Å². The molecule has 1 N–H and O–H groups in total. The van der Waals surface area contributed by atoms with E-state index in [1.807, 2.05) is 37.3 Å². The molecule has 1 aromatic rings. The van der Waals surface area contributed by atoms with Gasteiger partial charge in [-0.25, -0.2) is 5.53 Å². The van der Waals surface area contributed by atoms with Crippen molar-refractivity contribution in [2.24, 2.45) is 5.11 Å². The molecule has 3 nitrogen and oxygen atoms in total. The Balaban J connectivity index is 2.02. The molecule has 1 rings (SSSR count). The van der Waals surface area contributed by atoms with Gasteiger partial charge in [0.05, 0.1) is 12.6 Å². The first-order valence-electron chi connectivity index (χ1n) is 8.48. The lowest BCUT2D eigenvalue weighted by molar-refractivity contribution is 0.304. The summed E-state index contributed by atoms with van der Waals surface area (Å²) in [4.78, 5) is 0. The van der Waals surface area contributed by atoms with Crippen LogP contribution in [0, 0.1) is 5.53 Å². The number of rotatable bonds is 13. The SMILES string of the molecule is C=CCCCCCCCCCOc1ccc(C(C)N=N)cc1. The average molecular weight is 302 g/mol. The van der Waals surface area contributed by atoms with Gasteiger partial charge in [-0.15, -0.1) is 6.58 Å². The molecule has 0 fully saturated rings. The predicted molar refractivity (Wildman–Crippen MR) is 92.6 cm³/mol. The Kier molecular flexibility index (Phi) is 10.0. The summed E-state index contributed by atoms with van der Waals surface area (Å²) < 4.78 is 5.75. The van der Waals surface area contributed by atoms with E-state index in [4.69, 9.17) is 10.3 Å². The number of allylic oxidation sites excluding steroid dienone is 1. The molecule has 1 unspecified atom stereocenters. The number of nitrogens with one attached hydrogen (secondary N) is 1. The number of unbranched alkanes of at least 4 members (excludes halogenated alkanes) is 7. The van der Waals surface area contributed by atoms with Gasteiger partial charge in [0.15, 0.2) is 0 Å². The van der Waals surface area contributed by atoms with E-state index in [2.05, 4.69) is 11.7 Å². The molecule has 122 valence electrons. The van der Waals surface area contributed by atoms with Crippen LogP contribution in [0.4, 0.5) is 0 Å². The lowest BCUT2D eigenvalue weighted by atomic mass is 10.1. The number of ether oxygens (including phenoxy) is 1. The molecule has 0 spiro atoms. The highest BCUT2D eigenvalue weighted by atomic mass is 16.5. The molecule has 0 aliphatic heterocycles. The minimum atomic E-state index is -0.0690. The van der Waals surface area contributed by atoms with Gasteiger partial charge in [0.25, 0.3) is 0 Å². The maximum atomic E-state index is 7.03. The molecule has 0 saturated carbocycles. The second-order valence-electron chi connectivity index (χ2n) is 5.77. The zero-order valence-corrected chi connectivity index (χ0v) is 13.9. The van der Waals surface area contributed by atoms with Crippen molar-refractivity contribution in [2.75, 3.05) is 6.61 Å². The van der Waals surface area contributed by atoms with Crippen molar-refractivity contribution < 1.29 is 4.74 Å². The molecule has 0 aromatic heterocycles. The first-order valence-corrected chi connectivity index (χ1v) is 8.48. The summed E-state index contributed by atoms with van der Waals surface area (Å²) in [6.07, 6.45) is 12.1. The summed E-state index contributed by atoms with van der Waals surface area (Å²) in [5, 5.41) is 3.52. The van der Waals surface area contributed by atoms with E-state index in [0.29, 0.717) is 0 Å². The fourth-order valence-electron chi connectivity index (χ4n) is 2.38. The molecule has 0 saturated heterocycles. The number of hydrogen-bond donors (Lipinski definition) is 1. The second kappa shape index (κ2) is 12.0. The maximum absolute atomic E-state index is 7.03. The van der Waals surface area contributed by atoms with Crippen LogP contribution < -0.4 is 4.74 Å². The lowest BCUT2D eigenvalue weighted by Crippen LogP contribution is -1.97. The minimum Gasteiger partial charge on any atom is -0.494 e. The highest BCUT2D eigenvalue weighted by Gasteiger charge is 2.02. The van der Waals surface area contributed by atoms with Gasteiger partial charge in [0, 0.05) is 0 Å². The molecular formula is C19H30N2O. The van der Waals surface area contributed by atoms with Gasteiger partial charge in [-0.2, -0.15) is 5.11 Å². The molecule has 0 heterocycles. The number of hydrogen-bond acceptors (Lipinski definition) is 3. The van der Waals surface area contributed by atoms with E-state index in [9.17, 15) is 0 Å². The van der Waals surface area contributed by atoms with Gasteiger partial charge >= 0.3 is 0 Å². The second-order valence-corrected chi connectivity index (χ2v) is 5.77. The van der Waals surface area contributed by atoms with Crippen molar-refractivity contribution in [2.45, 2.75) is 64.3 Å². The van der Waals surface area contributed by atoms with E-state index in [1.165, 1.54) is 38.5 Å². The summed E-state index contributed by atoms with van der Waals surface area (Å²) >= 11 is 0. The number of benzene rings is 1. The van der Waals surface area contributed by atoms with Gasteiger partial charge in [-0.05, 0) is 43.9 Å². The van der Waals surface area contributed by atoms with Crippen molar-refractivity contribution in [1.82, 2.24) is 0 Å². The van der Waals surface area contributed by atoms with E-state index >= 15 is 0 Å². The van der Waals surface area contributed by atoms with Crippen LogP contribution in [0.5, 0.6) is 5.75 Å². The molecule has 0 aliphatic carbocycles. The topological polar surface area (TPSA) is 45.4 Å². The van der Waals surface area contributed by atoms with E-state index in [0.717, 1.165) is 30.8 Å². The summed E-state index contributed by atoms with van der Waals surface area (Å²) in [6.45, 7) is 6.45. The Morgan fingerprint density at radius 3 is 2.23 bits per heavy atom. The number of nitrogens with zero attached hydrogens (tertiary/aromatic N) is 1. The molecule has 0 aliphatic rings. The van der Waals surface area contributed by atoms with E-state index < -0.39 is 0 Å². The Morgan fingerprint density at radius 1 is 1.05 bits per heavy atom. The largest absolute Gasteiger partial charge is 0.494 e. The van der Waals surface area contributed by atoms with Gasteiger partial charge < -0.3 is 4.74 Å². The molecule has 0 amide bonds. The van der Waals surface area contributed by atoms with E-state index in [1.54, 1.807) is 0 Å². The highest BCUT2D eigenvalue weighted by molar-refractivity contribution is 5.28. The molecule has 0 radical (unpaired) electrons. The maximum Gasteiger partial charge on any atom is 0.119 e. The molecule has 1 aromatic carbocycles. The summed E-state index contributed by atoms with van der Waals surface area (Å²) in [5.74, 6) is 0.908. The lowest BCUT2D eigenvalue weighted by Gasteiger charge is -2.08. The fraction of sp³-hybridized carbons (Fsp3) is 0.579. The Labute approximate surface area is 135 Å². The first-order chi connectivity index (χ1) is 10.8. The molecule has 3 heteroatoms. The van der Waals surface area contributed by atoms with Crippen LogP contribution >= 0.6 is 0 Å². The highest BCUT2D eigenvalue weighted by Crippen LogP contribution is 2.20. The summed E-state index contributed by atoms with van der Waals surface area (Å²) in [5.41, 5.74) is 8.08. The van der Waals surface area contributed by atoms with Crippen molar-refractivity contribution in [1.29, 1.82) is 5.53 Å². The minimum absolute atomic E-state index is 0.0690. The van der Waals surface area contributed by atoms with Crippen LogP contribution in [0.1, 0.15) is 69.9 Å². The van der Waals surface area contributed by atoms with Crippen molar-refractivity contribution in [3.05, 3.63) is 42.5 Å². The summed E-state index contributed by atoms with van der Waals surface area (Å²) in [6, 6.07) is 7.84. The summed E-state index contributed by atoms with van der Waals surface area (Å²) in [7, 11) is 0. The van der Waals surface area contributed by atoms with Crippen LogP contribution in [-0.4, -0.2) is 6.61 Å². The third-order valence-electron chi connectivity index (χ3n) is 3.88. The molecule has 0 bridgehead atoms. The Bertz CT molecular complexity index is 414. The first kappa shape index (κ1) is 18.4. The zero-order valence-electron chi connectivity index (χ0n) is 13.9. The van der Waals surface area contributed by atoms with Crippen molar-refractivity contribution in [3.8, 4) is 5.75 Å².